The van der Waals surface area contributed by atoms with Gasteiger partial charge < -0.3 is 26.4 Å². The number of halogens is 5. The fraction of sp³-hybridized carbons (Fsp3) is 0. The Labute approximate surface area is 65.7 Å². The van der Waals surface area contributed by atoms with Crippen LogP contribution in [0.1, 0.15) is 0 Å². The molecule has 0 aromatic heterocycles. The number of hydrogen-bond acceptors (Lipinski definition) is 2. The summed E-state index contributed by atoms with van der Waals surface area (Å²) in [5.74, 6) is 0. The van der Waals surface area contributed by atoms with Crippen molar-refractivity contribution in [3.63, 3.8) is 0 Å². The summed E-state index contributed by atoms with van der Waals surface area (Å²) >= 11 is 0. The second kappa shape index (κ2) is 32800. The van der Waals surface area contributed by atoms with Gasteiger partial charge in [-0.25, -0.2) is 0 Å². The maximum absolute atomic E-state index is 8.75. The standard InChI is InChI=1S/5FH.Mn.2H3N/h5*1H;;2*1H3/q;;;;;+3;;/p-3/i/hD8. The second-order valence-electron chi connectivity index (χ2n) is 0. The summed E-state index contributed by atoms with van der Waals surface area (Å²) in [6.45, 7) is 0. The van der Waals surface area contributed by atoms with E-state index in [1.54, 1.807) is 0 Å². The van der Waals surface area contributed by atoms with Gasteiger partial charge in [0.15, 0.2) is 0 Å². The van der Waals surface area contributed by atoms with Crippen LogP contribution in [0.3, 0.4) is 0 Å². The van der Waals surface area contributed by atoms with Crippen molar-refractivity contribution in [2.24, 2.45) is 0 Å². The maximum Gasteiger partial charge on any atom is 3.00 e. The third kappa shape index (κ3) is 19700. The van der Waals surface area contributed by atoms with E-state index in [1.165, 1.54) is 0 Å². The predicted octanol–water partition coefficient (Wildman–Crippen LogP) is -8.36. The minimum atomic E-state index is -0.250. The van der Waals surface area contributed by atoms with E-state index in [2.05, 4.69) is 2.90 Å². The van der Waals surface area contributed by atoms with E-state index in [0.29, 0.717) is 0 Å². The summed E-state index contributed by atoms with van der Waals surface area (Å²) in [6, 6.07) is 0. The molecule has 0 saturated heterocycles. The van der Waals surface area contributed by atoms with Crippen molar-refractivity contribution < 1.29 is 49.1 Å². The largest absolute Gasteiger partial charge is 3.00 e. The molecule has 0 aliphatic heterocycles. The molecule has 0 bridgehead atoms. The van der Waals surface area contributed by atoms with Crippen LogP contribution in [0.5, 0.6) is 0 Å². The zero-order valence-electron chi connectivity index (χ0n) is 11.2. The minimum absolute atomic E-state index is 0. The van der Waals surface area contributed by atoms with Gasteiger partial charge in [0.05, 0.1) is 0 Å². The molecule has 0 saturated carbocycles. The Bertz CT molecular complexity index is 41.9. The molecule has 8 heavy (non-hydrogen) atoms. The Morgan fingerprint density at radius 3 is 1.00 bits per heavy atom. The van der Waals surface area contributed by atoms with Gasteiger partial charge in [-0.1, -0.05) is 0 Å². The smallest absolute Gasteiger partial charge is 1.00 e. The fourth-order valence-electron chi connectivity index (χ4n) is 0. The fourth-order valence-corrected chi connectivity index (χ4v) is 0. The summed E-state index contributed by atoms with van der Waals surface area (Å²) in [5.41, 5.74) is 0. The molecule has 0 atom stereocenters. The quantitative estimate of drug-likeness (QED) is 0.297. The summed E-state index contributed by atoms with van der Waals surface area (Å²) in [4.78, 5) is 0. The van der Waals surface area contributed by atoms with E-state index in [9.17, 15) is 0 Å². The number of rotatable bonds is 0. The third-order valence-corrected chi connectivity index (χ3v) is 0. The third-order valence-electron chi connectivity index (χ3n) is 0. The van der Waals surface area contributed by atoms with Gasteiger partial charge in [-0.2, -0.15) is 0 Å². The van der Waals surface area contributed by atoms with E-state index >= 15 is 0 Å². The van der Waals surface area contributed by atoms with Gasteiger partial charge in [-0.15, -0.1) is 0 Å². The molecule has 0 aliphatic rings. The molecule has 0 aliphatic carbocycles. The summed E-state index contributed by atoms with van der Waals surface area (Å²) in [7, 11) is 0. The Kier molecular flexibility index (Phi) is 25500. The van der Waals surface area contributed by atoms with Crippen LogP contribution in [-0.4, -0.2) is 2.90 Å². The van der Waals surface area contributed by atoms with E-state index in [-0.39, 0.29) is 43.4 Å². The molecule has 2 nitrogen and oxygen atoms in total. The van der Waals surface area contributed by atoms with Crippen molar-refractivity contribution in [2.45, 2.75) is 0 Å². The van der Waals surface area contributed by atoms with Gasteiger partial charge in [0.1, 0.15) is 8.47 Å². The Hall–Kier alpha value is 0.0895. The molecular formula is H8F5MnN2. The van der Waals surface area contributed by atoms with Crippen LogP contribution in [0.4, 0.5) is 9.44 Å². The van der Waals surface area contributed by atoms with Gasteiger partial charge in [-0.05, 0) is 0 Å². The van der Waals surface area contributed by atoms with Gasteiger partial charge in [-0.3, -0.25) is 9.44 Å². The van der Waals surface area contributed by atoms with Crippen LogP contribution >= 0.6 is 0 Å². The van der Waals surface area contributed by atoms with E-state index < -0.39 is 0 Å². The first kappa shape index (κ1) is 6.21. The summed E-state index contributed by atoms with van der Waals surface area (Å²) in [6.07, 6.45) is -0.500. The number of hydrogen-bond donors (Lipinski definition) is 2. The van der Waals surface area contributed by atoms with Crippen LogP contribution in [0.15, 0.2) is 0 Å². The minimum Gasteiger partial charge on any atom is -1.00 e. The molecule has 6 N–H and O–H groups in total. The predicted molar refractivity (Wildman–Crippen MR) is 15.1 cm³/mol. The zero-order valence-corrected chi connectivity index (χ0v) is 4.34. The molecule has 0 fully saturated rings. The molecular weight excluding hydrogens is 178 g/mol. The molecule has 0 heterocycles. The van der Waals surface area contributed by atoms with Gasteiger partial charge in [0, 0.05) is 0 Å². The molecule has 0 radical (unpaired) electrons. The van der Waals surface area contributed by atoms with E-state index in [1.807, 2.05) is 0 Å². The zero-order chi connectivity index (χ0) is 11.2. The monoisotopic (exact) mass is 194 g/mol. The topological polar surface area (TPSA) is 70.0 Å². The van der Waals surface area contributed by atoms with Gasteiger partial charge in [0.2, 0.25) is 0 Å². The van der Waals surface area contributed by atoms with Crippen molar-refractivity contribution in [3.8, 4) is 0 Å². The molecule has 60 valence electrons. The Balaban J connectivity index is -0.00000000857. The molecule has 0 unspecified atom stereocenters. The van der Waals surface area contributed by atoms with E-state index in [4.69, 9.17) is 17.9 Å². The average Bonchev–Trinajstić information content (AvgIpc) is 1.93. The molecule has 0 rings (SSSR count). The summed E-state index contributed by atoms with van der Waals surface area (Å²) < 4.78 is 60.5. The van der Waals surface area contributed by atoms with Crippen molar-refractivity contribution in [3.05, 3.63) is 0 Å². The first-order valence-corrected chi connectivity index (χ1v) is 0. The first-order chi connectivity index (χ1) is 5.46. The molecule has 8 heteroatoms. The van der Waals surface area contributed by atoms with Crippen LogP contribution in [0.2, 0.25) is 8.47 Å². The van der Waals surface area contributed by atoms with Gasteiger partial charge >= 0.3 is 17.1 Å². The average molecular weight is 194 g/mol. The van der Waals surface area contributed by atoms with Gasteiger partial charge in [0.25, 0.3) is 2.90 Å². The van der Waals surface area contributed by atoms with Crippen molar-refractivity contribution in [1.82, 2.24) is 12.3 Å². The van der Waals surface area contributed by atoms with Crippen LogP contribution in [0.25, 0.3) is 0 Å². The summed E-state index contributed by atoms with van der Waals surface area (Å²) in [5, 5.41) is 0. The van der Waals surface area contributed by atoms with Crippen molar-refractivity contribution in [2.75, 3.05) is 0 Å². The van der Waals surface area contributed by atoms with Crippen LogP contribution in [-0.2, 0) is 17.1 Å². The van der Waals surface area contributed by atoms with Crippen molar-refractivity contribution >= 4 is 0 Å². The second-order valence-corrected chi connectivity index (χ2v) is 0. The molecule has 0 spiro atoms. The normalized spacial score (nSPS) is 11.5. The maximum atomic E-state index is 8.75. The van der Waals surface area contributed by atoms with Crippen LogP contribution < -0.4 is 26.4 Å². The Morgan fingerprint density at radius 2 is 1.00 bits per heavy atom. The van der Waals surface area contributed by atoms with Crippen molar-refractivity contribution in [1.29, 1.82) is 2.90 Å². The first-order valence-electron chi connectivity index (χ1n) is 3.44. The molecule has 0 aromatic carbocycles. The Morgan fingerprint density at radius 1 is 1.00 bits per heavy atom. The van der Waals surface area contributed by atoms with Crippen LogP contribution in [0, 0.1) is 0 Å². The molecule has 0 amide bonds. The van der Waals surface area contributed by atoms with E-state index in [0.717, 1.165) is 0 Å². The SMILES string of the molecule is [2H]F.[2H]F.[2H]N([2H])[2H].[2H]N([2H])[2H].[F-].[F-].[F-].[Mn+3]. The molecule has 0 aromatic rings.